The van der Waals surface area contributed by atoms with Gasteiger partial charge in [0.15, 0.2) is 11.0 Å². The van der Waals surface area contributed by atoms with Crippen LogP contribution in [0.2, 0.25) is 5.02 Å². The summed E-state index contributed by atoms with van der Waals surface area (Å²) < 4.78 is 5.29. The topological polar surface area (TPSA) is 95.2 Å². The lowest BCUT2D eigenvalue weighted by molar-refractivity contribution is -0.114. The Morgan fingerprint density at radius 3 is 2.93 bits per heavy atom. The van der Waals surface area contributed by atoms with E-state index in [0.717, 1.165) is 0 Å². The first-order chi connectivity index (χ1) is 13.0. The first-order valence-electron chi connectivity index (χ1n) is 7.51. The lowest BCUT2D eigenvalue weighted by Crippen LogP contribution is -2.35. The number of thiophene rings is 1. The molecule has 2 aliphatic heterocycles. The summed E-state index contributed by atoms with van der Waals surface area (Å²) in [5.74, 6) is -0.860. The highest BCUT2D eigenvalue weighted by Crippen LogP contribution is 2.29. The van der Waals surface area contributed by atoms with E-state index in [1.807, 2.05) is 0 Å². The number of amides is 1. The van der Waals surface area contributed by atoms with E-state index in [4.69, 9.17) is 21.7 Å². The fourth-order valence-electron chi connectivity index (χ4n) is 2.34. The molecule has 1 N–H and O–H groups in total. The van der Waals surface area contributed by atoms with Crippen LogP contribution in [0.4, 0.5) is 0 Å². The number of rotatable bonds is 3. The molecule has 0 radical (unpaired) electrons. The summed E-state index contributed by atoms with van der Waals surface area (Å²) in [5.41, 5.74) is 2.17. The van der Waals surface area contributed by atoms with Crippen LogP contribution >= 0.6 is 34.7 Å². The van der Waals surface area contributed by atoms with Crippen LogP contribution in [0.15, 0.2) is 51.4 Å². The number of fused-ring (bicyclic) bond motifs is 1. The van der Waals surface area contributed by atoms with Gasteiger partial charge in [-0.1, -0.05) is 23.7 Å². The number of nitrogens with zero attached hydrogens (tertiary/aromatic N) is 3. The Labute approximate surface area is 166 Å². The van der Waals surface area contributed by atoms with Crippen LogP contribution in [0.1, 0.15) is 15.2 Å². The molecule has 134 valence electrons. The van der Waals surface area contributed by atoms with E-state index in [1.54, 1.807) is 29.6 Å². The van der Waals surface area contributed by atoms with Gasteiger partial charge >= 0.3 is 5.97 Å². The van der Waals surface area contributed by atoms with E-state index >= 15 is 0 Å². The summed E-state index contributed by atoms with van der Waals surface area (Å²) in [4.78, 5) is 28.6. The van der Waals surface area contributed by atoms with Crippen molar-refractivity contribution in [2.24, 2.45) is 10.1 Å². The zero-order valence-electron chi connectivity index (χ0n) is 13.4. The summed E-state index contributed by atoms with van der Waals surface area (Å²) in [6, 6.07) is 8.14. The van der Waals surface area contributed by atoms with Crippen LogP contribution in [0, 0.1) is 5.41 Å². The zero-order valence-corrected chi connectivity index (χ0v) is 15.8. The molecule has 1 amide bonds. The standard InChI is InChI=1S/C17H9ClN4O3S2/c18-11-7-9(3-4-12(11)25-16(24)13-2-1-5-26-13)6-10-14(19)22-17(21-15(10)23)27-8-20-22/h1-8,19H. The number of thioether (sulfide) groups is 1. The molecule has 7 nitrogen and oxygen atoms in total. The van der Waals surface area contributed by atoms with Gasteiger partial charge in [0.2, 0.25) is 0 Å². The molecule has 2 aromatic rings. The average Bonchev–Trinajstić information content (AvgIpc) is 3.32. The van der Waals surface area contributed by atoms with Crippen molar-refractivity contribution in [1.29, 1.82) is 5.41 Å². The summed E-state index contributed by atoms with van der Waals surface area (Å²) in [7, 11) is 0. The Balaban J connectivity index is 1.58. The molecule has 0 atom stereocenters. The van der Waals surface area contributed by atoms with E-state index in [9.17, 15) is 9.59 Å². The van der Waals surface area contributed by atoms with E-state index in [1.165, 1.54) is 45.8 Å². The van der Waals surface area contributed by atoms with Gasteiger partial charge in [-0.3, -0.25) is 10.2 Å². The molecule has 3 heterocycles. The summed E-state index contributed by atoms with van der Waals surface area (Å²) in [6.07, 6.45) is 1.50. The van der Waals surface area contributed by atoms with Crippen molar-refractivity contribution in [1.82, 2.24) is 5.01 Å². The van der Waals surface area contributed by atoms with E-state index < -0.39 is 11.9 Å². The lowest BCUT2D eigenvalue weighted by Gasteiger charge is -2.20. The van der Waals surface area contributed by atoms with E-state index in [2.05, 4.69) is 10.1 Å². The maximum Gasteiger partial charge on any atom is 0.353 e. The summed E-state index contributed by atoms with van der Waals surface area (Å²) in [6.45, 7) is 0. The quantitative estimate of drug-likeness (QED) is 0.465. The summed E-state index contributed by atoms with van der Waals surface area (Å²) >= 11 is 8.66. The zero-order chi connectivity index (χ0) is 19.0. The minimum absolute atomic E-state index is 0.0597. The van der Waals surface area contributed by atoms with Crippen molar-refractivity contribution in [3.63, 3.8) is 0 Å². The molecule has 0 fully saturated rings. The van der Waals surface area contributed by atoms with Crippen LogP contribution in [0.25, 0.3) is 6.08 Å². The Morgan fingerprint density at radius 1 is 1.33 bits per heavy atom. The molecule has 0 saturated heterocycles. The number of aliphatic imine (C=N–C) groups is 1. The number of hydrogen-bond donors (Lipinski definition) is 1. The monoisotopic (exact) mass is 416 g/mol. The molecule has 0 spiro atoms. The van der Waals surface area contributed by atoms with Crippen molar-refractivity contribution < 1.29 is 14.3 Å². The van der Waals surface area contributed by atoms with Crippen LogP contribution < -0.4 is 4.74 Å². The predicted octanol–water partition coefficient (Wildman–Crippen LogP) is 3.87. The number of carbonyl (C=O) groups excluding carboxylic acids is 2. The molecule has 27 heavy (non-hydrogen) atoms. The maximum absolute atomic E-state index is 12.2. The number of ether oxygens (including phenoxy) is 1. The highest BCUT2D eigenvalue weighted by Gasteiger charge is 2.32. The van der Waals surface area contributed by atoms with Gasteiger partial charge < -0.3 is 4.74 Å². The van der Waals surface area contributed by atoms with Gasteiger partial charge in [0.1, 0.15) is 10.6 Å². The Hall–Kier alpha value is -2.75. The molecule has 1 aromatic carbocycles. The largest absolute Gasteiger partial charge is 0.421 e. The predicted molar refractivity (Wildman–Crippen MR) is 107 cm³/mol. The minimum atomic E-state index is -0.520. The fourth-order valence-corrected chi connectivity index (χ4v) is 3.77. The minimum Gasteiger partial charge on any atom is -0.421 e. The molecule has 0 aliphatic carbocycles. The van der Waals surface area contributed by atoms with E-state index in [-0.39, 0.29) is 22.2 Å². The van der Waals surface area contributed by atoms with Gasteiger partial charge in [0, 0.05) is 0 Å². The van der Waals surface area contributed by atoms with Gasteiger partial charge in [-0.25, -0.2) is 4.79 Å². The van der Waals surface area contributed by atoms with Crippen molar-refractivity contribution in [2.45, 2.75) is 0 Å². The molecule has 10 heteroatoms. The summed E-state index contributed by atoms with van der Waals surface area (Å²) in [5, 5.41) is 15.8. The van der Waals surface area contributed by atoms with Crippen LogP contribution in [-0.4, -0.2) is 33.4 Å². The fraction of sp³-hybridized carbons (Fsp3) is 0. The molecule has 1 aromatic heterocycles. The van der Waals surface area contributed by atoms with Gasteiger partial charge in [-0.05, 0) is 47.0 Å². The van der Waals surface area contributed by atoms with Gasteiger partial charge in [-0.15, -0.1) is 11.3 Å². The second-order valence-electron chi connectivity index (χ2n) is 5.31. The normalized spacial score (nSPS) is 17.3. The van der Waals surface area contributed by atoms with Gasteiger partial charge in [-0.2, -0.15) is 15.1 Å². The molecular weight excluding hydrogens is 408 g/mol. The van der Waals surface area contributed by atoms with Crippen molar-refractivity contribution in [3.05, 3.63) is 56.7 Å². The lowest BCUT2D eigenvalue weighted by atomic mass is 10.1. The first-order valence-corrected chi connectivity index (χ1v) is 9.65. The highest BCUT2D eigenvalue weighted by atomic mass is 35.5. The van der Waals surface area contributed by atoms with Crippen LogP contribution in [0.5, 0.6) is 5.75 Å². The Morgan fingerprint density at radius 2 is 2.19 bits per heavy atom. The number of hydrogen-bond acceptors (Lipinski definition) is 7. The van der Waals surface area contributed by atoms with Crippen LogP contribution in [0.3, 0.4) is 0 Å². The van der Waals surface area contributed by atoms with Crippen molar-refractivity contribution in [3.8, 4) is 5.75 Å². The third kappa shape index (κ3) is 3.44. The molecule has 0 bridgehead atoms. The number of benzene rings is 1. The smallest absolute Gasteiger partial charge is 0.353 e. The maximum atomic E-state index is 12.2. The number of nitrogens with one attached hydrogen (secondary N) is 1. The molecule has 0 saturated carbocycles. The van der Waals surface area contributed by atoms with Crippen LogP contribution in [-0.2, 0) is 4.79 Å². The highest BCUT2D eigenvalue weighted by molar-refractivity contribution is 8.25. The SMILES string of the molecule is N=C1C(=Cc2ccc(OC(=O)c3cccs3)c(Cl)c2)C(=O)N=C2SC=NN12. The third-order valence-corrected chi connectivity index (χ3v) is 5.41. The van der Waals surface area contributed by atoms with E-state index in [0.29, 0.717) is 15.6 Å². The number of carbonyl (C=O) groups is 2. The second kappa shape index (κ2) is 7.10. The molecule has 0 unspecified atom stereocenters. The van der Waals surface area contributed by atoms with Gasteiger partial charge in [0.25, 0.3) is 5.91 Å². The molecular formula is C17H9ClN4O3S2. The Bertz CT molecular complexity index is 1060. The third-order valence-electron chi connectivity index (χ3n) is 3.59. The number of hydrazone groups is 1. The number of esters is 1. The average molecular weight is 417 g/mol. The van der Waals surface area contributed by atoms with Gasteiger partial charge in [0.05, 0.1) is 16.1 Å². The molecule has 2 aliphatic rings. The van der Waals surface area contributed by atoms with Crippen molar-refractivity contribution in [2.75, 3.05) is 0 Å². The van der Waals surface area contributed by atoms with Crippen molar-refractivity contribution >= 4 is 69.2 Å². The molecule has 4 rings (SSSR count). The number of amidine groups is 2. The first kappa shape index (κ1) is 17.7. The second-order valence-corrected chi connectivity index (χ2v) is 7.48. The Kier molecular flexibility index (Phi) is 4.65. The number of halogens is 1.